The van der Waals surface area contributed by atoms with Crippen LogP contribution in [0.25, 0.3) is 10.8 Å². The highest BCUT2D eigenvalue weighted by Gasteiger charge is 2.02. The molecule has 0 aliphatic rings. The summed E-state index contributed by atoms with van der Waals surface area (Å²) in [4.78, 5) is 0. The number of hydrogen-bond donors (Lipinski definition) is 0. The van der Waals surface area contributed by atoms with E-state index in [-0.39, 0.29) is 0 Å². The summed E-state index contributed by atoms with van der Waals surface area (Å²) in [6.07, 6.45) is 0. The minimum absolute atomic E-state index is 1.35. The molecular weight excluding hydrogens is 192 g/mol. The van der Waals surface area contributed by atoms with E-state index in [4.69, 9.17) is 0 Å². The Labute approximate surface area is 99.3 Å². The number of benzene rings is 2. The van der Waals surface area contributed by atoms with Gasteiger partial charge in [0.15, 0.2) is 0 Å². The molecule has 0 nitrogen and oxygen atoms in total. The Morgan fingerprint density at radius 1 is 0.562 bits per heavy atom. The van der Waals surface area contributed by atoms with Crippen LogP contribution in [0.4, 0.5) is 0 Å². The van der Waals surface area contributed by atoms with Crippen molar-refractivity contribution in [1.82, 2.24) is 0 Å². The summed E-state index contributed by atoms with van der Waals surface area (Å²) >= 11 is 0. The molecule has 0 aliphatic carbocycles. The third-order valence-electron chi connectivity index (χ3n) is 2.77. The van der Waals surface area contributed by atoms with Crippen LogP contribution in [0.5, 0.6) is 0 Å². The normalized spacial score (nSPS) is 9.88. The van der Waals surface area contributed by atoms with Gasteiger partial charge in [0.2, 0.25) is 0 Å². The second kappa shape index (κ2) is 5.16. The van der Waals surface area contributed by atoms with Crippen LogP contribution < -0.4 is 0 Å². The number of hydrogen-bond acceptors (Lipinski definition) is 0. The molecule has 0 atom stereocenters. The molecule has 2 rings (SSSR count). The van der Waals surface area contributed by atoms with Gasteiger partial charge in [-0.15, -0.1) is 0 Å². The second-order valence-corrected chi connectivity index (χ2v) is 4.26. The smallest absolute Gasteiger partial charge is 0.0149 e. The fourth-order valence-corrected chi connectivity index (χ4v) is 2.19. The maximum absolute atomic E-state index is 2.27. The van der Waals surface area contributed by atoms with Gasteiger partial charge < -0.3 is 0 Å². The Morgan fingerprint density at radius 2 is 0.875 bits per heavy atom. The van der Waals surface area contributed by atoms with Crippen LogP contribution in [0.15, 0.2) is 24.3 Å². The van der Waals surface area contributed by atoms with Crippen LogP contribution in [-0.2, 0) is 0 Å². The molecule has 0 heteroatoms. The molecule has 2 aromatic rings. The first kappa shape index (κ1) is 12.8. The summed E-state index contributed by atoms with van der Waals surface area (Å²) in [5.74, 6) is 0. The minimum atomic E-state index is 1.35. The molecule has 0 saturated carbocycles. The average Bonchev–Trinajstić information content (AvgIpc) is 2.23. The Morgan fingerprint density at radius 3 is 1.19 bits per heavy atom. The molecule has 2 aromatic carbocycles. The van der Waals surface area contributed by atoms with Crippen molar-refractivity contribution >= 4 is 10.8 Å². The fraction of sp³-hybridized carbons (Fsp3) is 0.375. The van der Waals surface area contributed by atoms with Crippen LogP contribution in [0.3, 0.4) is 0 Å². The quantitative estimate of drug-likeness (QED) is 0.572. The molecule has 0 amide bonds. The van der Waals surface area contributed by atoms with Crippen molar-refractivity contribution in [1.29, 1.82) is 0 Å². The average molecular weight is 214 g/mol. The predicted octanol–water partition coefficient (Wildman–Crippen LogP) is 5.10. The van der Waals surface area contributed by atoms with Gasteiger partial charge in [0.1, 0.15) is 0 Å². The summed E-state index contributed by atoms with van der Waals surface area (Å²) in [5, 5.41) is 2.79. The summed E-state index contributed by atoms with van der Waals surface area (Å²) in [7, 11) is 0. The molecular formula is C16H22. The topological polar surface area (TPSA) is 0 Å². The lowest BCUT2D eigenvalue weighted by Crippen LogP contribution is -1.86. The summed E-state index contributed by atoms with van der Waals surface area (Å²) in [6, 6.07) is 9.05. The first-order chi connectivity index (χ1) is 7.58. The van der Waals surface area contributed by atoms with E-state index >= 15 is 0 Å². The zero-order valence-corrected chi connectivity index (χ0v) is 11.3. The standard InChI is InChI=1S/C14H16.C2H6/c1-9-5-11(3)14-8-10(2)6-12(4)13(14)7-9;1-2/h5-8H,1-4H3;1-2H3. The van der Waals surface area contributed by atoms with Crippen LogP contribution in [-0.4, -0.2) is 0 Å². The van der Waals surface area contributed by atoms with Crippen molar-refractivity contribution < 1.29 is 0 Å². The number of fused-ring (bicyclic) bond motifs is 1. The van der Waals surface area contributed by atoms with Gasteiger partial charge in [-0.3, -0.25) is 0 Å². The highest BCUT2D eigenvalue weighted by atomic mass is 14.1. The molecule has 0 heterocycles. The number of aryl methyl sites for hydroxylation is 4. The van der Waals surface area contributed by atoms with E-state index in [1.54, 1.807) is 0 Å². The van der Waals surface area contributed by atoms with Crippen molar-refractivity contribution in [3.05, 3.63) is 46.5 Å². The van der Waals surface area contributed by atoms with Gasteiger partial charge in [0.25, 0.3) is 0 Å². The third-order valence-corrected chi connectivity index (χ3v) is 2.77. The molecule has 16 heavy (non-hydrogen) atoms. The SMILES string of the molecule is CC.Cc1cc(C)c2cc(C)cc(C)c2c1. The Kier molecular flexibility index (Phi) is 4.12. The van der Waals surface area contributed by atoms with Crippen molar-refractivity contribution in [2.24, 2.45) is 0 Å². The van der Waals surface area contributed by atoms with E-state index < -0.39 is 0 Å². The van der Waals surface area contributed by atoms with Gasteiger partial charge in [0.05, 0.1) is 0 Å². The molecule has 0 aliphatic heterocycles. The van der Waals surface area contributed by atoms with E-state index in [0.29, 0.717) is 0 Å². The zero-order valence-electron chi connectivity index (χ0n) is 11.3. The third kappa shape index (κ3) is 2.44. The lowest BCUT2D eigenvalue weighted by Gasteiger charge is -2.08. The lowest BCUT2D eigenvalue weighted by atomic mass is 9.97. The Bertz CT molecular complexity index is 446. The predicted molar refractivity (Wildman–Crippen MR) is 74.2 cm³/mol. The van der Waals surface area contributed by atoms with Gasteiger partial charge >= 0.3 is 0 Å². The summed E-state index contributed by atoms with van der Waals surface area (Å²) < 4.78 is 0. The molecule has 0 N–H and O–H groups in total. The van der Waals surface area contributed by atoms with E-state index in [1.807, 2.05) is 13.8 Å². The number of rotatable bonds is 0. The second-order valence-electron chi connectivity index (χ2n) is 4.26. The zero-order chi connectivity index (χ0) is 12.3. The van der Waals surface area contributed by atoms with E-state index in [1.165, 1.54) is 33.0 Å². The molecule has 0 fully saturated rings. The molecule has 0 radical (unpaired) electrons. The van der Waals surface area contributed by atoms with Crippen molar-refractivity contribution in [2.45, 2.75) is 41.5 Å². The van der Waals surface area contributed by atoms with Crippen LogP contribution >= 0.6 is 0 Å². The molecule has 0 spiro atoms. The minimum Gasteiger partial charge on any atom is -0.0683 e. The van der Waals surface area contributed by atoms with Gasteiger partial charge in [0, 0.05) is 0 Å². The first-order valence-electron chi connectivity index (χ1n) is 6.06. The lowest BCUT2D eigenvalue weighted by molar-refractivity contribution is 1.38. The molecule has 0 saturated heterocycles. The summed E-state index contributed by atoms with van der Waals surface area (Å²) in [5.41, 5.74) is 5.46. The van der Waals surface area contributed by atoms with Crippen LogP contribution in [0.1, 0.15) is 36.1 Å². The monoisotopic (exact) mass is 214 g/mol. The highest BCUT2D eigenvalue weighted by molar-refractivity contribution is 5.89. The highest BCUT2D eigenvalue weighted by Crippen LogP contribution is 2.24. The Hall–Kier alpha value is -1.30. The molecule has 86 valence electrons. The van der Waals surface area contributed by atoms with Gasteiger partial charge in [-0.25, -0.2) is 0 Å². The van der Waals surface area contributed by atoms with Crippen molar-refractivity contribution in [2.75, 3.05) is 0 Å². The molecule has 0 bridgehead atoms. The summed E-state index contributed by atoms with van der Waals surface area (Å²) in [6.45, 7) is 12.7. The molecule has 0 aromatic heterocycles. The van der Waals surface area contributed by atoms with Crippen LogP contribution in [0.2, 0.25) is 0 Å². The largest absolute Gasteiger partial charge is 0.0683 e. The Balaban J connectivity index is 0.000000606. The van der Waals surface area contributed by atoms with E-state index in [9.17, 15) is 0 Å². The van der Waals surface area contributed by atoms with Crippen molar-refractivity contribution in [3.63, 3.8) is 0 Å². The van der Waals surface area contributed by atoms with Gasteiger partial charge in [-0.05, 0) is 49.6 Å². The van der Waals surface area contributed by atoms with E-state index in [0.717, 1.165) is 0 Å². The van der Waals surface area contributed by atoms with Gasteiger partial charge in [-0.2, -0.15) is 0 Å². The fourth-order valence-electron chi connectivity index (χ4n) is 2.19. The van der Waals surface area contributed by atoms with Gasteiger partial charge in [-0.1, -0.05) is 49.2 Å². The molecule has 0 unspecified atom stereocenters. The maximum Gasteiger partial charge on any atom is -0.0149 e. The maximum atomic E-state index is 2.27. The van der Waals surface area contributed by atoms with Crippen LogP contribution in [0, 0.1) is 27.7 Å². The van der Waals surface area contributed by atoms with Crippen molar-refractivity contribution in [3.8, 4) is 0 Å². The van der Waals surface area contributed by atoms with E-state index in [2.05, 4.69) is 52.0 Å². The first-order valence-corrected chi connectivity index (χ1v) is 6.06.